The van der Waals surface area contributed by atoms with Gasteiger partial charge < -0.3 is 19.6 Å². The number of aliphatic hydroxyl groups excluding tert-OH is 1. The summed E-state index contributed by atoms with van der Waals surface area (Å²) in [6.07, 6.45) is 2.62. The van der Waals surface area contributed by atoms with Gasteiger partial charge in [0.2, 0.25) is 0 Å². The molecule has 5 heterocycles. The number of hydrogen-bond acceptors (Lipinski definition) is 9. The van der Waals surface area contributed by atoms with Crippen molar-refractivity contribution in [2.75, 3.05) is 57.9 Å². The molecule has 0 amide bonds. The van der Waals surface area contributed by atoms with Gasteiger partial charge in [-0.1, -0.05) is 19.9 Å². The van der Waals surface area contributed by atoms with Gasteiger partial charge in [-0.15, -0.1) is 0 Å². The number of fused-ring (bicyclic) bond motifs is 2. The lowest BCUT2D eigenvalue weighted by atomic mass is 9.95. The van der Waals surface area contributed by atoms with E-state index in [9.17, 15) is 13.5 Å². The van der Waals surface area contributed by atoms with Gasteiger partial charge in [-0.2, -0.15) is 5.10 Å². The van der Waals surface area contributed by atoms with Gasteiger partial charge in [-0.3, -0.25) is 9.80 Å². The van der Waals surface area contributed by atoms with E-state index in [1.807, 2.05) is 22.1 Å². The second-order valence-electron chi connectivity index (χ2n) is 11.0. The number of morpholine rings is 1. The summed E-state index contributed by atoms with van der Waals surface area (Å²) in [5.41, 5.74) is 5.94. The zero-order valence-electron chi connectivity index (χ0n) is 23.1. The fraction of sp³-hybridized carbons (Fsp3) is 0.500. The van der Waals surface area contributed by atoms with Gasteiger partial charge in [0.05, 0.1) is 37.0 Å². The summed E-state index contributed by atoms with van der Waals surface area (Å²) in [5, 5.41) is 16.5. The molecule has 2 aliphatic rings. The summed E-state index contributed by atoms with van der Waals surface area (Å²) in [5.74, 6) is 1.21. The number of aliphatic hydroxyl groups is 1. The average molecular weight is 569 g/mol. The molecule has 1 aromatic carbocycles. The van der Waals surface area contributed by atoms with E-state index in [4.69, 9.17) is 9.47 Å². The quantitative estimate of drug-likeness (QED) is 0.346. The molecule has 4 aromatic rings. The minimum Gasteiger partial charge on any atom is -0.493 e. The maximum absolute atomic E-state index is 11.8. The molecular formula is C28H36N6O5S. The van der Waals surface area contributed by atoms with Crippen molar-refractivity contribution >= 4 is 26.4 Å². The molecule has 0 saturated carbocycles. The summed E-state index contributed by atoms with van der Waals surface area (Å²) >= 11 is 0. The van der Waals surface area contributed by atoms with Crippen molar-refractivity contribution in [2.45, 2.75) is 32.1 Å². The molecule has 40 heavy (non-hydrogen) atoms. The number of nitrogens with one attached hydrogen (secondary N) is 1. The van der Waals surface area contributed by atoms with Crippen molar-refractivity contribution in [2.24, 2.45) is 0 Å². The minimum absolute atomic E-state index is 0.155. The predicted octanol–water partition coefficient (Wildman–Crippen LogP) is 2.43. The fourth-order valence-corrected chi connectivity index (χ4v) is 7.14. The van der Waals surface area contributed by atoms with E-state index in [1.165, 1.54) is 11.9 Å². The molecule has 12 heteroatoms. The number of ether oxygens (including phenoxy) is 2. The van der Waals surface area contributed by atoms with Crippen LogP contribution in [0.5, 0.6) is 5.75 Å². The number of hydrogen-bond donors (Lipinski definition) is 2. The summed E-state index contributed by atoms with van der Waals surface area (Å²) in [7, 11) is -1.31. The van der Waals surface area contributed by atoms with Crippen molar-refractivity contribution in [3.63, 3.8) is 0 Å². The molecule has 2 saturated heterocycles. The highest BCUT2D eigenvalue weighted by Crippen LogP contribution is 2.38. The lowest BCUT2D eigenvalue weighted by Gasteiger charge is -2.38. The van der Waals surface area contributed by atoms with E-state index >= 15 is 0 Å². The summed E-state index contributed by atoms with van der Waals surface area (Å²) < 4.78 is 37.0. The van der Waals surface area contributed by atoms with E-state index in [0.717, 1.165) is 27.7 Å². The molecule has 2 fully saturated rings. The second kappa shape index (κ2) is 10.7. The maximum atomic E-state index is 11.8. The molecule has 2 N–H and O–H groups in total. The summed E-state index contributed by atoms with van der Waals surface area (Å²) in [4.78, 5) is 12.0. The van der Waals surface area contributed by atoms with Crippen molar-refractivity contribution in [1.82, 2.24) is 29.4 Å². The number of H-pyrrole nitrogens is 1. The van der Waals surface area contributed by atoms with Gasteiger partial charge in [-0.25, -0.2) is 17.9 Å². The highest BCUT2D eigenvalue weighted by molar-refractivity contribution is 7.91. The molecule has 11 nitrogen and oxygen atoms in total. The van der Waals surface area contributed by atoms with E-state index in [-0.39, 0.29) is 23.5 Å². The molecule has 0 spiro atoms. The monoisotopic (exact) mass is 568 g/mol. The van der Waals surface area contributed by atoms with Crippen molar-refractivity contribution in [3.8, 4) is 17.0 Å². The van der Waals surface area contributed by atoms with Crippen molar-refractivity contribution in [1.29, 1.82) is 0 Å². The lowest BCUT2D eigenvalue weighted by molar-refractivity contribution is -0.102. The van der Waals surface area contributed by atoms with Crippen LogP contribution in [0.15, 0.2) is 36.8 Å². The second-order valence-corrected chi connectivity index (χ2v) is 13.3. The zero-order chi connectivity index (χ0) is 28.0. The fourth-order valence-electron chi connectivity index (χ4n) is 5.86. The molecule has 0 aliphatic carbocycles. The van der Waals surface area contributed by atoms with Crippen LogP contribution in [0, 0.1) is 0 Å². The van der Waals surface area contributed by atoms with Crippen LogP contribution in [-0.2, 0) is 14.6 Å². The first-order chi connectivity index (χ1) is 19.2. The first-order valence-electron chi connectivity index (χ1n) is 13.7. The van der Waals surface area contributed by atoms with E-state index in [2.05, 4.69) is 47.1 Å². The van der Waals surface area contributed by atoms with E-state index < -0.39 is 16.1 Å². The first kappa shape index (κ1) is 27.2. The average Bonchev–Trinajstić information content (AvgIpc) is 3.58. The maximum Gasteiger partial charge on any atom is 0.197 e. The van der Waals surface area contributed by atoms with Gasteiger partial charge in [-0.05, 0) is 35.2 Å². The Morgan fingerprint density at radius 1 is 1.20 bits per heavy atom. The number of sulfone groups is 1. The van der Waals surface area contributed by atoms with Gasteiger partial charge >= 0.3 is 0 Å². The Bertz CT molecular complexity index is 1620. The smallest absolute Gasteiger partial charge is 0.197 e. The molecule has 214 valence electrons. The molecule has 6 rings (SSSR count). The van der Waals surface area contributed by atoms with Crippen molar-refractivity contribution in [3.05, 3.63) is 47.9 Å². The third-order valence-electron chi connectivity index (χ3n) is 8.04. The minimum atomic E-state index is -2.95. The van der Waals surface area contributed by atoms with Gasteiger partial charge in [0.1, 0.15) is 12.6 Å². The first-order valence-corrected chi connectivity index (χ1v) is 15.5. The molecule has 2 atom stereocenters. The number of rotatable bonds is 7. The number of methoxy groups -OCH3 is 1. The predicted molar refractivity (Wildman–Crippen MR) is 152 cm³/mol. The van der Waals surface area contributed by atoms with Crippen LogP contribution < -0.4 is 4.74 Å². The van der Waals surface area contributed by atoms with Gasteiger partial charge in [0, 0.05) is 55.4 Å². The van der Waals surface area contributed by atoms with Gasteiger partial charge in [0.25, 0.3) is 0 Å². The van der Waals surface area contributed by atoms with Crippen LogP contribution in [-0.4, -0.2) is 107 Å². The Balaban J connectivity index is 1.26. The third kappa shape index (κ3) is 5.21. The number of benzene rings is 1. The largest absolute Gasteiger partial charge is 0.493 e. The zero-order valence-corrected chi connectivity index (χ0v) is 23.9. The Kier molecular flexibility index (Phi) is 7.30. The molecule has 0 radical (unpaired) electrons. The van der Waals surface area contributed by atoms with Crippen LogP contribution in [0.1, 0.15) is 37.0 Å². The SMILES string of the molecule is COc1cc(-c2[nH]c3ccc(C4CN(C(O)CN5CCS(=O)(=O)CC5)CCO4)cc3c2C(C)C)cn2ncnc12. The molecular weight excluding hydrogens is 532 g/mol. The topological polar surface area (TPSA) is 125 Å². The van der Waals surface area contributed by atoms with Crippen LogP contribution in [0.3, 0.4) is 0 Å². The van der Waals surface area contributed by atoms with Crippen LogP contribution in [0.4, 0.5) is 0 Å². The van der Waals surface area contributed by atoms with Gasteiger partial charge in [0.15, 0.2) is 21.2 Å². The lowest BCUT2D eigenvalue weighted by Crippen LogP contribution is -2.52. The highest BCUT2D eigenvalue weighted by atomic mass is 32.2. The van der Waals surface area contributed by atoms with Crippen LogP contribution >= 0.6 is 0 Å². The number of aromatic amines is 1. The summed E-state index contributed by atoms with van der Waals surface area (Å²) in [6.45, 7) is 7.44. The Labute approximate surface area is 233 Å². The Morgan fingerprint density at radius 3 is 2.75 bits per heavy atom. The van der Waals surface area contributed by atoms with Crippen LogP contribution in [0.2, 0.25) is 0 Å². The van der Waals surface area contributed by atoms with Crippen molar-refractivity contribution < 1.29 is 23.0 Å². The molecule has 2 unspecified atom stereocenters. The Hall–Kier alpha value is -3.03. The number of nitrogens with zero attached hydrogens (tertiary/aromatic N) is 5. The molecule has 2 aliphatic heterocycles. The van der Waals surface area contributed by atoms with Crippen LogP contribution in [0.25, 0.3) is 27.8 Å². The molecule has 0 bridgehead atoms. The third-order valence-corrected chi connectivity index (χ3v) is 9.65. The normalized spacial score (nSPS) is 21.4. The standard InChI is InChI=1S/C28H36N6O5S/c1-18(2)26-21-12-19(24-15-33(6-9-39-24)25(35)16-32-7-10-40(36,37)11-8-32)4-5-22(21)31-27(26)20-13-23(38-3)28-29-17-30-34(28)14-20/h4-5,12-14,17-18,24-25,31,35H,6-11,15-16H2,1-3H3. The Morgan fingerprint density at radius 2 is 2.00 bits per heavy atom. The number of aromatic nitrogens is 4. The van der Waals surface area contributed by atoms with E-state index in [1.54, 1.807) is 11.6 Å². The highest BCUT2D eigenvalue weighted by Gasteiger charge is 2.30. The van der Waals surface area contributed by atoms with E-state index in [0.29, 0.717) is 50.7 Å². The number of pyridine rings is 1. The summed E-state index contributed by atoms with van der Waals surface area (Å²) in [6, 6.07) is 8.37. The number of β-amino-alcohol motifs (C(OH)–C–C–N with tert-alkyl or cyclic N) is 1. The molecule has 3 aromatic heterocycles.